The lowest BCUT2D eigenvalue weighted by molar-refractivity contribution is -0.145. The highest BCUT2D eigenvalue weighted by molar-refractivity contribution is 5.69. The first kappa shape index (κ1) is 68.7. The molecule has 0 aromatic rings. The Morgan fingerprint density at radius 2 is 0.879 bits per heavy atom. The van der Waals surface area contributed by atoms with Gasteiger partial charge in [0.25, 0.3) is 0 Å². The molecule has 0 bridgehead atoms. The van der Waals surface area contributed by atoms with Crippen LogP contribution in [-0.4, -0.2) is 119 Å². The van der Waals surface area contributed by atoms with E-state index in [0.717, 1.165) is 90.7 Å². The van der Waals surface area contributed by atoms with Crippen LogP contribution >= 0.6 is 0 Å². The van der Waals surface area contributed by atoms with Gasteiger partial charge in [-0.3, -0.25) is 14.5 Å². The number of ether oxygens (including phenoxy) is 1. The van der Waals surface area contributed by atoms with Gasteiger partial charge in [-0.05, 0) is 78.3 Å². The summed E-state index contributed by atoms with van der Waals surface area (Å²) in [6.07, 6.45) is 45.0. The summed E-state index contributed by atoms with van der Waals surface area (Å²) < 4.78 is 5.30. The van der Waals surface area contributed by atoms with E-state index in [4.69, 9.17) is 4.74 Å². The van der Waals surface area contributed by atoms with Crippen LogP contribution in [0.3, 0.4) is 0 Å². The molecule has 2 N–H and O–H groups in total. The fourth-order valence-electron chi connectivity index (χ4n) is 8.14. The van der Waals surface area contributed by atoms with Crippen molar-refractivity contribution in [3.63, 3.8) is 0 Å². The second-order valence-corrected chi connectivity index (χ2v) is 19.6. The standard InChI is InChI=1S/C31H64N2O.C19H39NO2.C7H16N2O/c1-4-7-10-13-16-19-22-25-32(26-23-20-17-14-11-8-5-2)28-29-33(30-31-34)27-24-21-18-15-12-9-6-3;1-4-6-8-9-10-11-13-15-20-16-18(3)17-22-19(21)14-12-7-5-2;1-3-5-9(2)6-4-8-7-10/h31H,4-30H2,1-3H3;18,20H,4-17H2,1-3H3;7H,3-6H2,1-2H3,(H,8,10). The fourth-order valence-corrected chi connectivity index (χ4v) is 8.14. The van der Waals surface area contributed by atoms with E-state index < -0.39 is 0 Å². The lowest BCUT2D eigenvalue weighted by Gasteiger charge is -2.27. The maximum absolute atomic E-state index is 11.5. The summed E-state index contributed by atoms with van der Waals surface area (Å²) in [5.74, 6) is 0.368. The summed E-state index contributed by atoms with van der Waals surface area (Å²) in [7, 11) is 2.05. The first-order valence-electron chi connectivity index (χ1n) is 28.9. The lowest BCUT2D eigenvalue weighted by Crippen LogP contribution is -2.37. The predicted molar refractivity (Wildman–Crippen MR) is 290 cm³/mol. The maximum Gasteiger partial charge on any atom is 0.305 e. The number of unbranched alkanes of at least 4 members (excludes halogenated alkanes) is 26. The average Bonchev–Trinajstić information content (AvgIpc) is 3.31. The molecule has 0 radical (unpaired) electrons. The van der Waals surface area contributed by atoms with Crippen LogP contribution in [0.15, 0.2) is 0 Å². The molecule has 9 nitrogen and oxygen atoms in total. The van der Waals surface area contributed by atoms with Crippen molar-refractivity contribution in [3.8, 4) is 0 Å². The molecule has 0 saturated carbocycles. The number of rotatable bonds is 51. The third-order valence-corrected chi connectivity index (χ3v) is 12.6. The summed E-state index contributed by atoms with van der Waals surface area (Å²) in [6, 6.07) is 0. The normalized spacial score (nSPS) is 11.6. The summed E-state index contributed by atoms with van der Waals surface area (Å²) in [5.41, 5.74) is 0. The maximum atomic E-state index is 11.5. The molecule has 1 unspecified atom stereocenters. The number of nitrogens with one attached hydrogen (secondary N) is 2. The molecule has 0 aliphatic heterocycles. The van der Waals surface area contributed by atoms with Gasteiger partial charge in [0.15, 0.2) is 0 Å². The Morgan fingerprint density at radius 3 is 1.32 bits per heavy atom. The smallest absolute Gasteiger partial charge is 0.305 e. The van der Waals surface area contributed by atoms with Crippen molar-refractivity contribution in [2.75, 3.05) is 85.6 Å². The van der Waals surface area contributed by atoms with Crippen LogP contribution in [0.1, 0.15) is 260 Å². The van der Waals surface area contributed by atoms with Crippen LogP contribution in [-0.2, 0) is 19.1 Å². The van der Waals surface area contributed by atoms with E-state index in [0.29, 0.717) is 25.5 Å². The Kier molecular flexibility index (Phi) is 64.0. The summed E-state index contributed by atoms with van der Waals surface area (Å²) >= 11 is 0. The molecule has 1 amide bonds. The zero-order valence-electron chi connectivity index (χ0n) is 46.0. The van der Waals surface area contributed by atoms with Crippen LogP contribution in [0.4, 0.5) is 0 Å². The molecule has 0 heterocycles. The topological polar surface area (TPSA) is 94.2 Å². The molecule has 9 heteroatoms. The molecular formula is C57H119N5O4. The van der Waals surface area contributed by atoms with Crippen LogP contribution in [0.2, 0.25) is 0 Å². The number of hydrogen-bond donors (Lipinski definition) is 2. The van der Waals surface area contributed by atoms with Crippen LogP contribution in [0, 0.1) is 5.92 Å². The van der Waals surface area contributed by atoms with Gasteiger partial charge in [-0.25, -0.2) is 0 Å². The average molecular weight is 939 g/mol. The molecule has 66 heavy (non-hydrogen) atoms. The Labute approximate surface area is 413 Å². The Hall–Kier alpha value is -1.55. The van der Waals surface area contributed by atoms with E-state index in [1.165, 1.54) is 193 Å². The molecule has 396 valence electrons. The summed E-state index contributed by atoms with van der Waals surface area (Å²) in [6.45, 7) is 27.3. The highest BCUT2D eigenvalue weighted by Crippen LogP contribution is 2.12. The number of hydrogen-bond acceptors (Lipinski definition) is 8. The van der Waals surface area contributed by atoms with E-state index in [1.54, 1.807) is 0 Å². The molecule has 0 rings (SSSR count). The Bertz CT molecular complexity index is 909. The molecule has 1 atom stereocenters. The highest BCUT2D eigenvalue weighted by Gasteiger charge is 2.10. The highest BCUT2D eigenvalue weighted by atomic mass is 16.5. The number of carbonyl (C=O) groups is 3. The first-order valence-corrected chi connectivity index (χ1v) is 28.9. The van der Waals surface area contributed by atoms with Crippen molar-refractivity contribution in [1.29, 1.82) is 0 Å². The fraction of sp³-hybridized carbons (Fsp3) is 0.947. The van der Waals surface area contributed by atoms with Crippen molar-refractivity contribution >= 4 is 18.7 Å². The summed E-state index contributed by atoms with van der Waals surface area (Å²) in [4.78, 5) is 39.9. The van der Waals surface area contributed by atoms with Gasteiger partial charge in [-0.1, -0.05) is 215 Å². The summed E-state index contributed by atoms with van der Waals surface area (Å²) in [5, 5.41) is 6.09. The van der Waals surface area contributed by atoms with E-state index >= 15 is 0 Å². The molecule has 0 aliphatic carbocycles. The quantitative estimate of drug-likeness (QED) is 0.0354. The Balaban J connectivity index is -0.00000105. The minimum absolute atomic E-state index is 0.0348. The first-order chi connectivity index (χ1) is 32.3. The molecule has 0 aliphatic rings. The zero-order valence-corrected chi connectivity index (χ0v) is 46.0. The minimum atomic E-state index is -0.0348. The van der Waals surface area contributed by atoms with Gasteiger partial charge < -0.3 is 30.0 Å². The van der Waals surface area contributed by atoms with Crippen molar-refractivity contribution in [1.82, 2.24) is 25.3 Å². The minimum Gasteiger partial charge on any atom is -0.465 e. The molecule has 0 fully saturated rings. The van der Waals surface area contributed by atoms with E-state index in [-0.39, 0.29) is 5.97 Å². The van der Waals surface area contributed by atoms with Crippen molar-refractivity contribution in [2.24, 2.45) is 5.92 Å². The lowest BCUT2D eigenvalue weighted by atomic mass is 10.1. The van der Waals surface area contributed by atoms with Crippen LogP contribution < -0.4 is 10.6 Å². The molecular weight excluding hydrogens is 819 g/mol. The van der Waals surface area contributed by atoms with Gasteiger partial charge in [-0.2, -0.15) is 0 Å². The van der Waals surface area contributed by atoms with Crippen LogP contribution in [0.25, 0.3) is 0 Å². The van der Waals surface area contributed by atoms with Crippen molar-refractivity contribution in [3.05, 3.63) is 0 Å². The van der Waals surface area contributed by atoms with Gasteiger partial charge in [0, 0.05) is 45.1 Å². The number of carbonyl (C=O) groups excluding carboxylic acids is 3. The van der Waals surface area contributed by atoms with Gasteiger partial charge in [-0.15, -0.1) is 0 Å². The van der Waals surface area contributed by atoms with Gasteiger partial charge in [0.2, 0.25) is 6.41 Å². The Morgan fingerprint density at radius 1 is 0.470 bits per heavy atom. The largest absolute Gasteiger partial charge is 0.465 e. The number of amides is 1. The second kappa shape index (κ2) is 61.5. The van der Waals surface area contributed by atoms with E-state index in [2.05, 4.69) is 80.8 Å². The SMILES string of the molecule is CCCCCCCCCN(CC=O)CCN(CCCCCCCCC)CCCCCCCCC.CCCCCCCCCNCC(C)COC(=O)CCCCC.CCCN(C)CCNC=O. The molecule has 0 spiro atoms. The number of esters is 1. The van der Waals surface area contributed by atoms with E-state index in [1.807, 2.05) is 0 Å². The molecule has 0 aromatic heterocycles. The third kappa shape index (κ3) is 60.5. The van der Waals surface area contributed by atoms with Crippen molar-refractivity contribution < 1.29 is 19.1 Å². The zero-order chi connectivity index (χ0) is 49.2. The van der Waals surface area contributed by atoms with E-state index in [9.17, 15) is 14.4 Å². The monoisotopic (exact) mass is 938 g/mol. The number of likely N-dealkylation sites (N-methyl/N-ethyl adjacent to an activating group) is 1. The predicted octanol–water partition coefficient (Wildman–Crippen LogP) is 14.2. The molecule has 0 saturated heterocycles. The molecule has 0 aromatic carbocycles. The van der Waals surface area contributed by atoms with Gasteiger partial charge in [0.1, 0.15) is 6.29 Å². The number of aldehydes is 1. The van der Waals surface area contributed by atoms with Crippen molar-refractivity contribution in [2.45, 2.75) is 260 Å². The number of nitrogens with zero attached hydrogens (tertiary/aromatic N) is 3. The van der Waals surface area contributed by atoms with Crippen LogP contribution in [0.5, 0.6) is 0 Å². The van der Waals surface area contributed by atoms with Gasteiger partial charge >= 0.3 is 5.97 Å². The van der Waals surface area contributed by atoms with Gasteiger partial charge in [0.05, 0.1) is 13.2 Å². The third-order valence-electron chi connectivity index (χ3n) is 12.6. The second-order valence-electron chi connectivity index (χ2n) is 19.6.